The van der Waals surface area contributed by atoms with Gasteiger partial charge in [0.15, 0.2) is 0 Å². The van der Waals surface area contributed by atoms with Crippen LogP contribution in [0.3, 0.4) is 0 Å². The molecule has 2 aromatic heterocycles. The molecule has 3 N–H and O–H groups in total. The third-order valence-electron chi connectivity index (χ3n) is 5.59. The quantitative estimate of drug-likeness (QED) is 0.300. The number of alkyl halides is 9. The number of benzene rings is 1. The lowest BCUT2D eigenvalue weighted by Gasteiger charge is -2.27. The molecule has 11 nitrogen and oxygen atoms in total. The molecule has 1 aliphatic rings. The Kier molecular flexibility index (Phi) is 15.4. The van der Waals surface area contributed by atoms with Gasteiger partial charge in [0.05, 0.1) is 12.2 Å². The minimum atomic E-state index is -5.08. The third-order valence-corrected chi connectivity index (χ3v) is 5.59. The maximum atomic E-state index is 13.1. The van der Waals surface area contributed by atoms with E-state index in [1.54, 1.807) is 6.20 Å². The Hall–Kier alpha value is -4.79. The molecule has 3 aromatic rings. The lowest BCUT2D eigenvalue weighted by molar-refractivity contribution is -0.193. The molecule has 0 fully saturated rings. The van der Waals surface area contributed by atoms with Crippen LogP contribution >= 0.6 is 0 Å². The fourth-order valence-corrected chi connectivity index (χ4v) is 3.56. The predicted molar refractivity (Wildman–Crippen MR) is 143 cm³/mol. The van der Waals surface area contributed by atoms with E-state index in [1.165, 1.54) is 17.7 Å². The van der Waals surface area contributed by atoms with Crippen LogP contribution in [0, 0.1) is 5.82 Å². The zero-order chi connectivity index (χ0) is 36.9. The molecule has 1 aliphatic heterocycles. The molecule has 0 bridgehead atoms. The van der Waals surface area contributed by atoms with Crippen molar-refractivity contribution in [3.63, 3.8) is 0 Å². The van der Waals surface area contributed by atoms with Crippen molar-refractivity contribution in [3.8, 4) is 0 Å². The number of carboxylic acids is 3. The van der Waals surface area contributed by atoms with E-state index in [4.69, 9.17) is 34.7 Å². The SMILES string of the molecule is CN(Cc1cccnc1)Cc1cn2c(n1)CN(Cc1ccc(F)cc1)CC2.O=C(O)C(F)(F)F.O=C(O)C(F)(F)F.O=C(O)C(F)(F)F. The molecule has 4 rings (SSSR count). The number of hydrogen-bond donors (Lipinski definition) is 3. The average molecular weight is 708 g/mol. The Morgan fingerprint density at radius 2 is 1.29 bits per heavy atom. The summed E-state index contributed by atoms with van der Waals surface area (Å²) >= 11 is 0. The highest BCUT2D eigenvalue weighted by molar-refractivity contribution is 5.73. The average Bonchev–Trinajstić information content (AvgIpc) is 3.35. The van der Waals surface area contributed by atoms with E-state index in [0.717, 1.165) is 56.4 Å². The van der Waals surface area contributed by atoms with Crippen LogP contribution in [-0.2, 0) is 47.1 Å². The standard InChI is InChI=1S/C21H24FN5.3C2HF3O2/c1-25(12-18-3-2-8-23-11-18)14-20-15-27-10-9-26(16-21(27)24-20)13-17-4-6-19(22)7-5-17;3*3-2(4,5)1(6)7/h2-8,11,15H,9-10,12-14,16H2,1H3;3*(H,6,7). The zero-order valence-electron chi connectivity index (χ0n) is 24.5. The first kappa shape index (κ1) is 41.2. The van der Waals surface area contributed by atoms with Gasteiger partial charge in [-0.15, -0.1) is 0 Å². The van der Waals surface area contributed by atoms with Gasteiger partial charge in [-0.1, -0.05) is 18.2 Å². The van der Waals surface area contributed by atoms with Gasteiger partial charge in [0.25, 0.3) is 0 Å². The molecule has 0 atom stereocenters. The van der Waals surface area contributed by atoms with Gasteiger partial charge in [-0.25, -0.2) is 23.8 Å². The van der Waals surface area contributed by atoms with Crippen LogP contribution < -0.4 is 0 Å². The topological polar surface area (TPSA) is 149 Å². The van der Waals surface area contributed by atoms with Gasteiger partial charge in [0.1, 0.15) is 11.6 Å². The second-order valence-corrected chi connectivity index (χ2v) is 9.62. The lowest BCUT2D eigenvalue weighted by Crippen LogP contribution is -2.33. The fourth-order valence-electron chi connectivity index (χ4n) is 3.56. The minimum Gasteiger partial charge on any atom is -0.475 e. The molecule has 0 saturated heterocycles. The summed E-state index contributed by atoms with van der Waals surface area (Å²) in [6.07, 6.45) is -9.38. The van der Waals surface area contributed by atoms with Gasteiger partial charge >= 0.3 is 36.4 Å². The summed E-state index contributed by atoms with van der Waals surface area (Å²) in [5.41, 5.74) is 3.43. The van der Waals surface area contributed by atoms with Crippen molar-refractivity contribution in [1.82, 2.24) is 24.3 Å². The number of carbonyl (C=O) groups is 3. The third kappa shape index (κ3) is 16.2. The van der Waals surface area contributed by atoms with E-state index in [1.807, 2.05) is 24.4 Å². The van der Waals surface area contributed by atoms with Crippen molar-refractivity contribution in [2.24, 2.45) is 0 Å². The van der Waals surface area contributed by atoms with Gasteiger partial charge in [0.2, 0.25) is 0 Å². The van der Waals surface area contributed by atoms with Gasteiger partial charge in [0, 0.05) is 51.3 Å². The molecule has 0 unspecified atom stereocenters. The van der Waals surface area contributed by atoms with Crippen molar-refractivity contribution in [3.05, 3.63) is 83.5 Å². The molecule has 3 heterocycles. The Morgan fingerprint density at radius 3 is 1.73 bits per heavy atom. The van der Waals surface area contributed by atoms with Crippen LogP contribution in [0.5, 0.6) is 0 Å². The van der Waals surface area contributed by atoms with E-state index < -0.39 is 36.4 Å². The van der Waals surface area contributed by atoms with E-state index in [9.17, 15) is 43.9 Å². The molecule has 0 aliphatic carbocycles. The first-order chi connectivity index (χ1) is 22.0. The van der Waals surface area contributed by atoms with Gasteiger partial charge in [-0.3, -0.25) is 14.8 Å². The number of rotatable bonds is 6. The Labute approximate surface area is 264 Å². The van der Waals surface area contributed by atoms with Gasteiger partial charge < -0.3 is 19.9 Å². The number of fused-ring (bicyclic) bond motifs is 1. The van der Waals surface area contributed by atoms with Crippen LogP contribution in [0.4, 0.5) is 43.9 Å². The number of aliphatic carboxylic acids is 3. The fraction of sp³-hybridized carbons (Fsp3) is 0.370. The van der Waals surface area contributed by atoms with Crippen LogP contribution in [0.25, 0.3) is 0 Å². The van der Waals surface area contributed by atoms with E-state index in [0.29, 0.717) is 0 Å². The molecule has 0 amide bonds. The second kappa shape index (κ2) is 17.9. The normalized spacial score (nSPS) is 13.1. The van der Waals surface area contributed by atoms with Crippen LogP contribution in [0.2, 0.25) is 0 Å². The Bertz CT molecular complexity index is 1410. The maximum absolute atomic E-state index is 13.1. The second-order valence-electron chi connectivity index (χ2n) is 9.62. The molecule has 0 spiro atoms. The molecule has 1 aromatic carbocycles. The van der Waals surface area contributed by atoms with Crippen molar-refractivity contribution < 1.29 is 73.6 Å². The van der Waals surface area contributed by atoms with Crippen LogP contribution in [0.15, 0.2) is 55.0 Å². The summed E-state index contributed by atoms with van der Waals surface area (Å²) in [6, 6.07) is 10.8. The van der Waals surface area contributed by atoms with Crippen LogP contribution in [-0.4, -0.2) is 89.7 Å². The molecular formula is C27H27F10N5O6. The van der Waals surface area contributed by atoms with Crippen molar-refractivity contribution in [2.45, 2.75) is 51.3 Å². The monoisotopic (exact) mass is 707 g/mol. The van der Waals surface area contributed by atoms with E-state index >= 15 is 0 Å². The summed E-state index contributed by atoms with van der Waals surface area (Å²) in [5, 5.41) is 21.4. The summed E-state index contributed by atoms with van der Waals surface area (Å²) in [4.78, 5) is 40.3. The number of hydrogen-bond acceptors (Lipinski definition) is 7. The van der Waals surface area contributed by atoms with Crippen molar-refractivity contribution in [1.29, 1.82) is 0 Å². The molecule has 0 saturated carbocycles. The summed E-state index contributed by atoms with van der Waals surface area (Å²) in [7, 11) is 2.10. The maximum Gasteiger partial charge on any atom is 0.490 e. The van der Waals surface area contributed by atoms with Gasteiger partial charge in [-0.2, -0.15) is 39.5 Å². The molecule has 0 radical (unpaired) electrons. The molecule has 21 heteroatoms. The highest BCUT2D eigenvalue weighted by Gasteiger charge is 2.39. The number of nitrogens with zero attached hydrogens (tertiary/aromatic N) is 5. The predicted octanol–water partition coefficient (Wildman–Crippen LogP) is 4.96. The Balaban J connectivity index is 0.000000448. The first-order valence-corrected chi connectivity index (χ1v) is 13.0. The molecule has 48 heavy (non-hydrogen) atoms. The van der Waals surface area contributed by atoms with E-state index in [-0.39, 0.29) is 5.82 Å². The van der Waals surface area contributed by atoms with Crippen molar-refractivity contribution in [2.75, 3.05) is 13.6 Å². The number of carboxylic acid groups (broad SMARTS) is 3. The number of pyridine rings is 1. The summed E-state index contributed by atoms with van der Waals surface area (Å²) < 4.78 is 111. The lowest BCUT2D eigenvalue weighted by atomic mass is 10.2. The van der Waals surface area contributed by atoms with Crippen molar-refractivity contribution >= 4 is 17.9 Å². The van der Waals surface area contributed by atoms with E-state index in [2.05, 4.69) is 38.7 Å². The molecular weight excluding hydrogens is 680 g/mol. The molecule has 266 valence electrons. The first-order valence-electron chi connectivity index (χ1n) is 13.0. The van der Waals surface area contributed by atoms with Crippen LogP contribution in [0.1, 0.15) is 22.6 Å². The number of aromatic nitrogens is 3. The minimum absolute atomic E-state index is 0.187. The van der Waals surface area contributed by atoms with Gasteiger partial charge in [-0.05, 0) is 36.4 Å². The summed E-state index contributed by atoms with van der Waals surface area (Å²) in [6.45, 7) is 5.23. The Morgan fingerprint density at radius 1 is 0.792 bits per heavy atom. The number of imidazole rings is 1. The summed E-state index contributed by atoms with van der Waals surface area (Å²) in [5.74, 6) is -7.35. The smallest absolute Gasteiger partial charge is 0.475 e. The highest BCUT2D eigenvalue weighted by atomic mass is 19.4. The highest BCUT2D eigenvalue weighted by Crippen LogP contribution is 2.18. The zero-order valence-corrected chi connectivity index (χ0v) is 24.5. The largest absolute Gasteiger partial charge is 0.490 e. The number of halogens is 10.